The number of nitrogens with zero attached hydrogens (tertiary/aromatic N) is 3. The summed E-state index contributed by atoms with van der Waals surface area (Å²) in [6.45, 7) is 5.46. The number of aliphatic hydroxyl groups is 1. The Morgan fingerprint density at radius 1 is 1.20 bits per heavy atom. The number of benzene rings is 1. The molecule has 1 aromatic heterocycles. The van der Waals surface area contributed by atoms with E-state index in [1.165, 1.54) is 6.07 Å². The van der Waals surface area contributed by atoms with Crippen molar-refractivity contribution in [1.29, 1.82) is 0 Å². The van der Waals surface area contributed by atoms with Crippen molar-refractivity contribution >= 4 is 11.0 Å². The van der Waals surface area contributed by atoms with Gasteiger partial charge in [0.25, 0.3) is 0 Å². The number of para-hydroxylation sites is 1. The van der Waals surface area contributed by atoms with Crippen molar-refractivity contribution < 1.29 is 9.50 Å². The van der Waals surface area contributed by atoms with E-state index in [9.17, 15) is 4.39 Å². The van der Waals surface area contributed by atoms with Crippen LogP contribution >= 0.6 is 0 Å². The minimum atomic E-state index is -0.280. The number of imidazole rings is 1. The molecule has 2 aromatic rings. The lowest BCUT2D eigenvalue weighted by molar-refractivity contribution is 0.107. The van der Waals surface area contributed by atoms with Gasteiger partial charge in [0.2, 0.25) is 0 Å². The molecule has 1 saturated heterocycles. The number of β-amino-alcohol motifs (C(OH)–C–C–N with tert-alkyl or cyclic N) is 1. The number of piperazine rings is 1. The molecule has 6 heteroatoms. The lowest BCUT2D eigenvalue weighted by Gasteiger charge is -2.33. The van der Waals surface area contributed by atoms with Gasteiger partial charge in [-0.1, -0.05) is 6.07 Å². The summed E-state index contributed by atoms with van der Waals surface area (Å²) < 4.78 is 13.6. The van der Waals surface area contributed by atoms with Gasteiger partial charge in [0.05, 0.1) is 18.7 Å². The highest BCUT2D eigenvalue weighted by atomic mass is 19.1. The molecule has 108 valence electrons. The Labute approximate surface area is 117 Å². The van der Waals surface area contributed by atoms with Gasteiger partial charge >= 0.3 is 0 Å². The number of H-pyrrole nitrogens is 1. The Bertz CT molecular complexity index is 578. The van der Waals surface area contributed by atoms with Crippen LogP contribution in [0.25, 0.3) is 11.0 Å². The Balaban J connectivity index is 1.64. The summed E-state index contributed by atoms with van der Waals surface area (Å²) >= 11 is 0. The average molecular weight is 278 g/mol. The summed E-state index contributed by atoms with van der Waals surface area (Å²) in [5, 5.41) is 8.92. The van der Waals surface area contributed by atoms with Gasteiger partial charge in [-0.15, -0.1) is 0 Å². The molecule has 2 N–H and O–H groups in total. The van der Waals surface area contributed by atoms with Crippen LogP contribution in [-0.2, 0) is 6.54 Å². The molecular formula is C14H19FN4O. The number of hydrogen-bond acceptors (Lipinski definition) is 4. The van der Waals surface area contributed by atoms with Crippen LogP contribution in [-0.4, -0.2) is 64.2 Å². The Kier molecular flexibility index (Phi) is 3.95. The van der Waals surface area contributed by atoms with E-state index in [0.717, 1.165) is 44.1 Å². The molecule has 0 radical (unpaired) electrons. The Morgan fingerprint density at radius 2 is 1.95 bits per heavy atom. The van der Waals surface area contributed by atoms with E-state index < -0.39 is 0 Å². The summed E-state index contributed by atoms with van der Waals surface area (Å²) in [5.74, 6) is 0.526. The second-order valence-electron chi connectivity index (χ2n) is 5.16. The van der Waals surface area contributed by atoms with Crippen molar-refractivity contribution in [2.45, 2.75) is 6.54 Å². The molecule has 2 heterocycles. The summed E-state index contributed by atoms with van der Waals surface area (Å²) in [6.07, 6.45) is 0. The fourth-order valence-electron chi connectivity index (χ4n) is 2.65. The molecule has 0 aliphatic carbocycles. The van der Waals surface area contributed by atoms with Crippen molar-refractivity contribution in [3.63, 3.8) is 0 Å². The van der Waals surface area contributed by atoms with Gasteiger partial charge in [-0.3, -0.25) is 9.80 Å². The van der Waals surface area contributed by atoms with Crippen LogP contribution in [0.1, 0.15) is 5.82 Å². The molecule has 0 atom stereocenters. The van der Waals surface area contributed by atoms with Crippen LogP contribution < -0.4 is 0 Å². The first-order valence-electron chi connectivity index (χ1n) is 6.95. The fourth-order valence-corrected chi connectivity index (χ4v) is 2.65. The van der Waals surface area contributed by atoms with Gasteiger partial charge in [0, 0.05) is 32.7 Å². The molecular weight excluding hydrogens is 259 g/mol. The predicted octanol–water partition coefficient (Wildman–Crippen LogP) is 0.812. The van der Waals surface area contributed by atoms with E-state index in [1.54, 1.807) is 6.07 Å². The summed E-state index contributed by atoms with van der Waals surface area (Å²) in [5.41, 5.74) is 1.17. The highest BCUT2D eigenvalue weighted by Gasteiger charge is 2.17. The van der Waals surface area contributed by atoms with Crippen molar-refractivity contribution in [3.8, 4) is 0 Å². The number of aliphatic hydroxyl groups excluding tert-OH is 1. The van der Waals surface area contributed by atoms with Gasteiger partial charge in [-0.2, -0.15) is 0 Å². The molecule has 0 unspecified atom stereocenters. The summed E-state index contributed by atoms with van der Waals surface area (Å²) in [4.78, 5) is 12.0. The summed E-state index contributed by atoms with van der Waals surface area (Å²) in [6, 6.07) is 4.96. The van der Waals surface area contributed by atoms with Crippen LogP contribution in [0.5, 0.6) is 0 Å². The van der Waals surface area contributed by atoms with E-state index in [1.807, 2.05) is 6.07 Å². The molecule has 1 aliphatic rings. The van der Waals surface area contributed by atoms with Crippen LogP contribution in [0.4, 0.5) is 4.39 Å². The van der Waals surface area contributed by atoms with E-state index >= 15 is 0 Å². The van der Waals surface area contributed by atoms with E-state index in [0.29, 0.717) is 12.1 Å². The lowest BCUT2D eigenvalue weighted by Crippen LogP contribution is -2.46. The zero-order valence-corrected chi connectivity index (χ0v) is 11.3. The standard InChI is InChI=1S/C14H19FN4O/c15-11-2-1-3-12-14(11)17-13(16-12)10-19-6-4-18(5-7-19)8-9-20/h1-3,20H,4-10H2,(H,16,17). The number of aromatic amines is 1. The largest absolute Gasteiger partial charge is 0.395 e. The second kappa shape index (κ2) is 5.87. The lowest BCUT2D eigenvalue weighted by atomic mass is 10.3. The zero-order chi connectivity index (χ0) is 13.9. The fraction of sp³-hybridized carbons (Fsp3) is 0.500. The van der Waals surface area contributed by atoms with Gasteiger partial charge in [0.1, 0.15) is 11.3 Å². The zero-order valence-electron chi connectivity index (χ0n) is 11.3. The maximum Gasteiger partial charge on any atom is 0.151 e. The highest BCUT2D eigenvalue weighted by molar-refractivity contribution is 5.75. The number of halogens is 1. The SMILES string of the molecule is OCCN1CCN(Cc2nc3c(F)cccc3[nH]2)CC1. The molecule has 20 heavy (non-hydrogen) atoms. The van der Waals surface area contributed by atoms with Gasteiger partial charge in [0.15, 0.2) is 5.82 Å². The Morgan fingerprint density at radius 3 is 2.65 bits per heavy atom. The van der Waals surface area contributed by atoms with Gasteiger partial charge in [-0.25, -0.2) is 9.37 Å². The smallest absolute Gasteiger partial charge is 0.151 e. The number of hydrogen-bond donors (Lipinski definition) is 2. The van der Waals surface area contributed by atoms with Crippen molar-refractivity contribution in [2.75, 3.05) is 39.3 Å². The Hall–Kier alpha value is -1.50. The maximum atomic E-state index is 13.6. The number of aromatic nitrogens is 2. The average Bonchev–Trinajstić information content (AvgIpc) is 2.85. The monoisotopic (exact) mass is 278 g/mol. The van der Waals surface area contributed by atoms with Crippen LogP contribution in [0, 0.1) is 5.82 Å². The predicted molar refractivity (Wildman–Crippen MR) is 74.9 cm³/mol. The first-order valence-corrected chi connectivity index (χ1v) is 6.95. The van der Waals surface area contributed by atoms with Crippen molar-refractivity contribution in [3.05, 3.63) is 29.8 Å². The van der Waals surface area contributed by atoms with Gasteiger partial charge < -0.3 is 10.1 Å². The second-order valence-corrected chi connectivity index (χ2v) is 5.16. The third-order valence-corrected chi connectivity index (χ3v) is 3.77. The van der Waals surface area contributed by atoms with Crippen molar-refractivity contribution in [1.82, 2.24) is 19.8 Å². The maximum absolute atomic E-state index is 13.6. The molecule has 3 rings (SSSR count). The number of fused-ring (bicyclic) bond motifs is 1. The molecule has 0 saturated carbocycles. The quantitative estimate of drug-likeness (QED) is 0.869. The normalized spacial score (nSPS) is 17.9. The van der Waals surface area contributed by atoms with Crippen molar-refractivity contribution in [2.24, 2.45) is 0 Å². The minimum Gasteiger partial charge on any atom is -0.395 e. The van der Waals surface area contributed by atoms with Crippen LogP contribution in [0.15, 0.2) is 18.2 Å². The first kappa shape index (κ1) is 13.5. The van der Waals surface area contributed by atoms with E-state index in [-0.39, 0.29) is 12.4 Å². The first-order chi connectivity index (χ1) is 9.76. The molecule has 5 nitrogen and oxygen atoms in total. The topological polar surface area (TPSA) is 55.4 Å². The molecule has 1 aromatic carbocycles. The molecule has 0 spiro atoms. The molecule has 0 bridgehead atoms. The number of nitrogens with one attached hydrogen (secondary N) is 1. The molecule has 1 aliphatic heterocycles. The van der Waals surface area contributed by atoms with E-state index in [2.05, 4.69) is 19.8 Å². The third-order valence-electron chi connectivity index (χ3n) is 3.77. The third kappa shape index (κ3) is 2.82. The van der Waals surface area contributed by atoms with Gasteiger partial charge in [-0.05, 0) is 12.1 Å². The highest BCUT2D eigenvalue weighted by Crippen LogP contribution is 2.16. The number of rotatable bonds is 4. The summed E-state index contributed by atoms with van der Waals surface area (Å²) in [7, 11) is 0. The van der Waals surface area contributed by atoms with E-state index in [4.69, 9.17) is 5.11 Å². The van der Waals surface area contributed by atoms with Crippen LogP contribution in [0.2, 0.25) is 0 Å². The molecule has 1 fully saturated rings. The van der Waals surface area contributed by atoms with Crippen LogP contribution in [0.3, 0.4) is 0 Å². The minimum absolute atomic E-state index is 0.211. The molecule has 0 amide bonds.